The lowest BCUT2D eigenvalue weighted by molar-refractivity contribution is -0.154. The van der Waals surface area contributed by atoms with Crippen LogP contribution in [0.3, 0.4) is 0 Å². The Hall–Kier alpha value is -1.59. The molecule has 0 unspecified atom stereocenters. The highest BCUT2D eigenvalue weighted by atomic mass is 16.4. The van der Waals surface area contributed by atoms with Gasteiger partial charge >= 0.3 is 5.97 Å². The molecule has 0 aromatic rings. The maximum absolute atomic E-state index is 11.3. The van der Waals surface area contributed by atoms with Crippen LogP contribution in [-0.2, 0) is 14.4 Å². The Morgan fingerprint density at radius 3 is 2.29 bits per heavy atom. The highest BCUT2D eigenvalue weighted by Gasteiger charge is 2.29. The van der Waals surface area contributed by atoms with E-state index in [0.29, 0.717) is 6.54 Å². The molecule has 1 aliphatic heterocycles. The van der Waals surface area contributed by atoms with Crippen molar-refractivity contribution in [3.63, 3.8) is 0 Å². The minimum absolute atomic E-state index is 0.0113. The summed E-state index contributed by atoms with van der Waals surface area (Å²) >= 11 is 0. The summed E-state index contributed by atoms with van der Waals surface area (Å²) in [5.74, 6) is -1.61. The van der Waals surface area contributed by atoms with E-state index in [9.17, 15) is 14.4 Å². The van der Waals surface area contributed by atoms with Crippen LogP contribution in [0, 0.1) is 0 Å². The van der Waals surface area contributed by atoms with Gasteiger partial charge in [0.1, 0.15) is 13.1 Å². The third-order valence-electron chi connectivity index (χ3n) is 2.07. The van der Waals surface area contributed by atoms with Crippen molar-refractivity contribution in [2.45, 2.75) is 6.92 Å². The molecular weight excluding hydrogens is 188 g/mol. The van der Waals surface area contributed by atoms with Crippen molar-refractivity contribution in [1.82, 2.24) is 9.80 Å². The summed E-state index contributed by atoms with van der Waals surface area (Å²) < 4.78 is 0. The van der Waals surface area contributed by atoms with E-state index in [1.165, 1.54) is 4.90 Å². The summed E-state index contributed by atoms with van der Waals surface area (Å²) in [6.07, 6.45) is 0. The standard InChI is InChI=1S/C8H12N2O4/c1-2-9-3-7(12)10(4-6(9)11)5-8(13)14/h2-5H2,1H3,(H,13,14). The van der Waals surface area contributed by atoms with Crippen LogP contribution in [0.1, 0.15) is 6.92 Å². The van der Waals surface area contributed by atoms with Crippen LogP contribution < -0.4 is 0 Å². The number of carbonyl (C=O) groups is 3. The van der Waals surface area contributed by atoms with Gasteiger partial charge in [0.25, 0.3) is 0 Å². The number of carboxylic acid groups (broad SMARTS) is 1. The van der Waals surface area contributed by atoms with Gasteiger partial charge < -0.3 is 14.9 Å². The van der Waals surface area contributed by atoms with Crippen LogP contribution >= 0.6 is 0 Å². The Morgan fingerprint density at radius 2 is 1.79 bits per heavy atom. The van der Waals surface area contributed by atoms with Crippen LogP contribution in [0.4, 0.5) is 0 Å². The van der Waals surface area contributed by atoms with Crippen molar-refractivity contribution in [1.29, 1.82) is 0 Å². The minimum Gasteiger partial charge on any atom is -0.480 e. The molecule has 0 atom stereocenters. The number of rotatable bonds is 3. The van der Waals surface area contributed by atoms with Gasteiger partial charge in [-0.1, -0.05) is 0 Å². The minimum atomic E-state index is -1.10. The molecule has 1 N–H and O–H groups in total. The quantitative estimate of drug-likeness (QED) is 0.618. The second-order valence-electron chi connectivity index (χ2n) is 3.05. The van der Waals surface area contributed by atoms with E-state index in [1.807, 2.05) is 0 Å². The predicted molar refractivity (Wildman–Crippen MR) is 46.5 cm³/mol. The Balaban J connectivity index is 2.62. The van der Waals surface area contributed by atoms with Gasteiger partial charge in [-0.05, 0) is 6.92 Å². The van der Waals surface area contributed by atoms with E-state index in [1.54, 1.807) is 6.92 Å². The number of nitrogens with zero attached hydrogens (tertiary/aromatic N) is 2. The number of piperazine rings is 1. The molecule has 1 saturated heterocycles. The van der Waals surface area contributed by atoms with Gasteiger partial charge in [0.05, 0.1) is 6.54 Å². The molecule has 1 heterocycles. The largest absolute Gasteiger partial charge is 0.480 e. The molecule has 0 radical (unpaired) electrons. The molecule has 0 aromatic heterocycles. The van der Waals surface area contributed by atoms with Crippen molar-refractivity contribution in [3.8, 4) is 0 Å². The molecule has 1 fully saturated rings. The fourth-order valence-corrected chi connectivity index (χ4v) is 1.30. The molecule has 0 aromatic carbocycles. The van der Waals surface area contributed by atoms with E-state index in [-0.39, 0.29) is 24.9 Å². The lowest BCUT2D eigenvalue weighted by Crippen LogP contribution is -2.54. The number of carbonyl (C=O) groups excluding carboxylic acids is 2. The Kier molecular flexibility index (Phi) is 3.06. The smallest absolute Gasteiger partial charge is 0.323 e. The van der Waals surface area contributed by atoms with Crippen molar-refractivity contribution in [2.75, 3.05) is 26.2 Å². The van der Waals surface area contributed by atoms with Crippen LogP contribution in [0.15, 0.2) is 0 Å². The summed E-state index contributed by atoms with van der Waals surface area (Å²) in [4.78, 5) is 35.4. The molecule has 0 aliphatic carbocycles. The SMILES string of the molecule is CCN1CC(=O)N(CC(=O)O)CC1=O. The van der Waals surface area contributed by atoms with Gasteiger partial charge in [0.15, 0.2) is 0 Å². The zero-order chi connectivity index (χ0) is 10.7. The number of aliphatic carboxylic acids is 1. The first-order valence-electron chi connectivity index (χ1n) is 4.32. The maximum Gasteiger partial charge on any atom is 0.323 e. The van der Waals surface area contributed by atoms with E-state index >= 15 is 0 Å². The van der Waals surface area contributed by atoms with E-state index < -0.39 is 12.5 Å². The average Bonchev–Trinajstić information content (AvgIpc) is 2.10. The fraction of sp³-hybridized carbons (Fsp3) is 0.625. The normalized spacial score (nSPS) is 17.5. The van der Waals surface area contributed by atoms with Gasteiger partial charge in [-0.15, -0.1) is 0 Å². The molecule has 1 rings (SSSR count). The van der Waals surface area contributed by atoms with E-state index in [0.717, 1.165) is 4.90 Å². The van der Waals surface area contributed by atoms with Crippen molar-refractivity contribution >= 4 is 17.8 Å². The Bertz CT molecular complexity index is 277. The molecule has 1 aliphatic rings. The molecule has 0 saturated carbocycles. The Morgan fingerprint density at radius 1 is 1.29 bits per heavy atom. The van der Waals surface area contributed by atoms with Crippen molar-refractivity contribution in [2.24, 2.45) is 0 Å². The number of hydrogen-bond acceptors (Lipinski definition) is 3. The van der Waals surface area contributed by atoms with Gasteiger partial charge in [-0.3, -0.25) is 14.4 Å². The second-order valence-corrected chi connectivity index (χ2v) is 3.05. The Labute approximate surface area is 81.1 Å². The summed E-state index contributed by atoms with van der Waals surface area (Å²) in [5.41, 5.74) is 0. The first-order chi connectivity index (χ1) is 6.54. The molecule has 6 heteroatoms. The molecular formula is C8H12N2O4. The zero-order valence-electron chi connectivity index (χ0n) is 7.89. The van der Waals surface area contributed by atoms with Gasteiger partial charge in [-0.25, -0.2) is 0 Å². The molecule has 2 amide bonds. The van der Waals surface area contributed by atoms with E-state index in [2.05, 4.69) is 0 Å². The summed E-state index contributed by atoms with van der Waals surface area (Å²) in [6, 6.07) is 0. The second kappa shape index (κ2) is 4.08. The number of amides is 2. The van der Waals surface area contributed by atoms with Crippen LogP contribution in [0.5, 0.6) is 0 Å². The van der Waals surface area contributed by atoms with Gasteiger partial charge in [-0.2, -0.15) is 0 Å². The first kappa shape index (κ1) is 10.5. The fourth-order valence-electron chi connectivity index (χ4n) is 1.30. The lowest BCUT2D eigenvalue weighted by atomic mass is 10.3. The van der Waals surface area contributed by atoms with Crippen LogP contribution in [0.25, 0.3) is 0 Å². The molecule has 78 valence electrons. The third-order valence-corrected chi connectivity index (χ3v) is 2.07. The number of carboxylic acids is 1. The van der Waals surface area contributed by atoms with Crippen molar-refractivity contribution < 1.29 is 19.5 Å². The monoisotopic (exact) mass is 200 g/mol. The first-order valence-corrected chi connectivity index (χ1v) is 4.32. The highest BCUT2D eigenvalue weighted by molar-refractivity contribution is 5.94. The third kappa shape index (κ3) is 2.21. The zero-order valence-corrected chi connectivity index (χ0v) is 7.89. The predicted octanol–water partition coefficient (Wildman–Crippen LogP) is -1.24. The maximum atomic E-state index is 11.3. The van der Waals surface area contributed by atoms with Gasteiger partial charge in [0.2, 0.25) is 11.8 Å². The number of likely N-dealkylation sites (N-methyl/N-ethyl adjacent to an activating group) is 1. The lowest BCUT2D eigenvalue weighted by Gasteiger charge is -2.32. The summed E-state index contributed by atoms with van der Waals surface area (Å²) in [7, 11) is 0. The topological polar surface area (TPSA) is 77.9 Å². The highest BCUT2D eigenvalue weighted by Crippen LogP contribution is 2.03. The number of hydrogen-bond donors (Lipinski definition) is 1. The molecule has 14 heavy (non-hydrogen) atoms. The van der Waals surface area contributed by atoms with Crippen molar-refractivity contribution in [3.05, 3.63) is 0 Å². The van der Waals surface area contributed by atoms with Crippen LogP contribution in [-0.4, -0.2) is 58.9 Å². The molecule has 6 nitrogen and oxygen atoms in total. The average molecular weight is 200 g/mol. The van der Waals surface area contributed by atoms with E-state index in [4.69, 9.17) is 5.11 Å². The van der Waals surface area contributed by atoms with Gasteiger partial charge in [0, 0.05) is 6.54 Å². The summed E-state index contributed by atoms with van der Waals surface area (Å²) in [5, 5.41) is 8.47. The summed E-state index contributed by atoms with van der Waals surface area (Å²) in [6.45, 7) is 1.72. The van der Waals surface area contributed by atoms with Crippen LogP contribution in [0.2, 0.25) is 0 Å². The molecule has 0 bridgehead atoms. The molecule has 0 spiro atoms.